The van der Waals surface area contributed by atoms with E-state index in [2.05, 4.69) is 34.4 Å². The van der Waals surface area contributed by atoms with E-state index in [4.69, 9.17) is 20.6 Å². The third-order valence-corrected chi connectivity index (χ3v) is 6.04. The number of nitrogens with zero attached hydrogens (tertiary/aromatic N) is 1. The van der Waals surface area contributed by atoms with Crippen molar-refractivity contribution in [3.05, 3.63) is 53.1 Å². The number of H-pyrrole nitrogens is 1. The molecule has 1 atom stereocenters. The maximum Gasteiger partial charge on any atom is 0.410 e. The van der Waals surface area contributed by atoms with Crippen LogP contribution in [-0.4, -0.2) is 54.4 Å². The number of aryl methyl sites for hydroxylation is 1. The van der Waals surface area contributed by atoms with Crippen molar-refractivity contribution in [3.63, 3.8) is 0 Å². The summed E-state index contributed by atoms with van der Waals surface area (Å²) in [5.41, 5.74) is 4.13. The zero-order chi connectivity index (χ0) is 24.3. The number of fused-ring (bicyclic) bond motifs is 3. The van der Waals surface area contributed by atoms with Gasteiger partial charge in [-0.15, -0.1) is 6.42 Å². The monoisotopic (exact) mass is 463 g/mol. The summed E-state index contributed by atoms with van der Waals surface area (Å²) in [5.74, 6) is 3.74. The molecule has 0 spiro atoms. The normalized spacial score (nSPS) is 20.3. The van der Waals surface area contributed by atoms with Gasteiger partial charge in [0.1, 0.15) is 18.8 Å². The number of rotatable bonds is 4. The molecule has 0 radical (unpaired) electrons. The minimum absolute atomic E-state index is 0.119. The zero-order valence-electron chi connectivity index (χ0n) is 20.4. The summed E-state index contributed by atoms with van der Waals surface area (Å²) in [6.07, 6.45) is 11.2. The van der Waals surface area contributed by atoms with Crippen LogP contribution in [0, 0.1) is 12.3 Å². The van der Waals surface area contributed by atoms with Gasteiger partial charge in [-0.3, -0.25) is 0 Å². The molecule has 1 aromatic heterocycles. The number of hydrogen-bond acceptors (Lipinski definition) is 5. The number of nitrogens with one attached hydrogen (secondary N) is 2. The molecule has 2 N–H and O–H groups in total. The Morgan fingerprint density at radius 3 is 2.82 bits per heavy atom. The highest BCUT2D eigenvalue weighted by Gasteiger charge is 2.30. The first-order valence-corrected chi connectivity index (χ1v) is 11.7. The van der Waals surface area contributed by atoms with E-state index in [9.17, 15) is 4.79 Å². The lowest BCUT2D eigenvalue weighted by Crippen LogP contribution is -2.43. The Morgan fingerprint density at radius 2 is 2.09 bits per heavy atom. The van der Waals surface area contributed by atoms with Crippen LogP contribution >= 0.6 is 0 Å². The smallest absolute Gasteiger partial charge is 0.410 e. The summed E-state index contributed by atoms with van der Waals surface area (Å²) >= 11 is 0. The van der Waals surface area contributed by atoms with Crippen LogP contribution in [0.1, 0.15) is 38.4 Å². The van der Waals surface area contributed by atoms with Crippen LogP contribution in [0.4, 0.5) is 10.5 Å². The van der Waals surface area contributed by atoms with Crippen LogP contribution in [0.5, 0.6) is 0 Å². The molecule has 1 unspecified atom stereocenters. The first kappa shape index (κ1) is 23.6. The Labute approximate surface area is 201 Å². The number of ether oxygens (including phenoxy) is 3. The molecule has 2 aromatic rings. The number of allylic oxidation sites excluding steroid dienone is 1. The fourth-order valence-electron chi connectivity index (χ4n) is 4.39. The van der Waals surface area contributed by atoms with Gasteiger partial charge in [-0.2, -0.15) is 0 Å². The maximum atomic E-state index is 12.5. The predicted octanol–water partition coefficient (Wildman–Crippen LogP) is 4.75. The molecule has 7 nitrogen and oxygen atoms in total. The van der Waals surface area contributed by atoms with Gasteiger partial charge in [0, 0.05) is 48.0 Å². The lowest BCUT2D eigenvalue weighted by molar-refractivity contribution is 0.0210. The Balaban J connectivity index is 1.44. The van der Waals surface area contributed by atoms with Gasteiger partial charge in [-0.05, 0) is 63.8 Å². The Kier molecular flexibility index (Phi) is 6.78. The lowest BCUT2D eigenvalue weighted by Gasteiger charge is -2.33. The van der Waals surface area contributed by atoms with Gasteiger partial charge in [-0.1, -0.05) is 12.0 Å². The van der Waals surface area contributed by atoms with Gasteiger partial charge in [0.15, 0.2) is 11.5 Å². The number of benzene rings is 1. The third-order valence-electron chi connectivity index (χ3n) is 6.04. The Hall–Kier alpha value is -3.53. The molecule has 2 heterocycles. The molecular formula is C27H33N3O4. The lowest BCUT2D eigenvalue weighted by atomic mass is 9.91. The summed E-state index contributed by atoms with van der Waals surface area (Å²) in [7, 11) is 1.83. The van der Waals surface area contributed by atoms with E-state index < -0.39 is 5.60 Å². The fraction of sp³-hybridized carbons (Fsp3) is 0.444. The number of carbonyl (C=O) groups excluding carboxylic acids is 1. The SMILES string of the molecule is C#C/C=C1/OCCO/C1=C/CNc1ccc2c3c([nH]c2c1)CCC(N(C)C(=O)OC(C)(C)C)C3. The highest BCUT2D eigenvalue weighted by Crippen LogP contribution is 2.32. The molecule has 180 valence electrons. The van der Waals surface area contributed by atoms with E-state index in [0.717, 1.165) is 30.5 Å². The van der Waals surface area contributed by atoms with Crippen LogP contribution < -0.4 is 5.32 Å². The van der Waals surface area contributed by atoms with E-state index in [1.54, 1.807) is 11.0 Å². The van der Waals surface area contributed by atoms with Crippen molar-refractivity contribution >= 4 is 22.7 Å². The van der Waals surface area contributed by atoms with Crippen molar-refractivity contribution < 1.29 is 19.0 Å². The molecule has 2 aliphatic rings. The predicted molar refractivity (Wildman–Crippen MR) is 134 cm³/mol. The number of anilines is 1. The average molecular weight is 464 g/mol. The van der Waals surface area contributed by atoms with Crippen LogP contribution in [0.25, 0.3) is 10.9 Å². The standard InChI is InChI=1S/C27H33N3O4/c1-6-7-24-25(33-15-14-32-24)12-13-28-18-8-10-20-21-17-19(9-11-22(21)29-23(20)16-18)30(5)26(31)34-27(2,3)4/h1,7-8,10,12,16,19,28-29H,9,11,13-15,17H2,2-5H3/b24-7+,25-12+. The minimum atomic E-state index is -0.499. The van der Waals surface area contributed by atoms with E-state index in [1.165, 1.54) is 16.6 Å². The van der Waals surface area contributed by atoms with E-state index in [1.807, 2.05) is 33.9 Å². The highest BCUT2D eigenvalue weighted by atomic mass is 16.6. The second kappa shape index (κ2) is 9.76. The second-order valence-corrected chi connectivity index (χ2v) is 9.65. The van der Waals surface area contributed by atoms with Gasteiger partial charge in [0.05, 0.1) is 0 Å². The quantitative estimate of drug-likeness (QED) is 0.640. The van der Waals surface area contributed by atoms with Gasteiger partial charge < -0.3 is 29.4 Å². The molecule has 34 heavy (non-hydrogen) atoms. The van der Waals surface area contributed by atoms with Crippen LogP contribution in [0.2, 0.25) is 0 Å². The minimum Gasteiger partial charge on any atom is -0.486 e. The van der Waals surface area contributed by atoms with Crippen molar-refractivity contribution in [2.75, 3.05) is 32.1 Å². The molecule has 1 amide bonds. The topological polar surface area (TPSA) is 75.8 Å². The average Bonchev–Trinajstić information content (AvgIpc) is 3.15. The molecule has 1 aromatic carbocycles. The Bertz CT molecular complexity index is 1160. The third kappa shape index (κ3) is 5.33. The van der Waals surface area contributed by atoms with E-state index in [-0.39, 0.29) is 12.1 Å². The van der Waals surface area contributed by atoms with Crippen molar-refractivity contribution in [1.29, 1.82) is 0 Å². The molecular weight excluding hydrogens is 430 g/mol. The van der Waals surface area contributed by atoms with Gasteiger partial charge >= 0.3 is 6.09 Å². The van der Waals surface area contributed by atoms with Gasteiger partial charge in [0.2, 0.25) is 0 Å². The first-order chi connectivity index (χ1) is 16.2. The highest BCUT2D eigenvalue weighted by molar-refractivity contribution is 5.88. The van der Waals surface area contributed by atoms with Gasteiger partial charge in [-0.25, -0.2) is 4.79 Å². The molecule has 1 aliphatic carbocycles. The number of hydrogen-bond donors (Lipinski definition) is 2. The molecule has 0 bridgehead atoms. The van der Waals surface area contributed by atoms with Crippen molar-refractivity contribution in [2.24, 2.45) is 0 Å². The number of amides is 1. The summed E-state index contributed by atoms with van der Waals surface area (Å²) in [5, 5.41) is 4.61. The Morgan fingerprint density at radius 1 is 1.32 bits per heavy atom. The van der Waals surface area contributed by atoms with Crippen molar-refractivity contribution in [3.8, 4) is 12.3 Å². The largest absolute Gasteiger partial charge is 0.486 e. The summed E-state index contributed by atoms with van der Waals surface area (Å²) in [6, 6.07) is 6.45. The van der Waals surface area contributed by atoms with Crippen molar-refractivity contribution in [1.82, 2.24) is 9.88 Å². The molecule has 1 aliphatic heterocycles. The van der Waals surface area contributed by atoms with Gasteiger partial charge in [0.25, 0.3) is 0 Å². The van der Waals surface area contributed by atoms with E-state index >= 15 is 0 Å². The molecule has 1 fully saturated rings. The number of likely N-dealkylation sites (N-methyl/N-ethyl adjacent to an activating group) is 1. The number of carbonyl (C=O) groups is 1. The first-order valence-electron chi connectivity index (χ1n) is 11.7. The fourth-order valence-corrected chi connectivity index (χ4v) is 4.39. The summed E-state index contributed by atoms with van der Waals surface area (Å²) in [4.78, 5) is 17.9. The number of aromatic nitrogens is 1. The molecule has 0 saturated carbocycles. The molecule has 1 saturated heterocycles. The number of terminal acetylenes is 1. The van der Waals surface area contributed by atoms with Crippen LogP contribution in [-0.2, 0) is 27.1 Å². The second-order valence-electron chi connectivity index (χ2n) is 9.65. The van der Waals surface area contributed by atoms with E-state index in [0.29, 0.717) is 31.3 Å². The van der Waals surface area contributed by atoms with Crippen LogP contribution in [0.3, 0.4) is 0 Å². The maximum absolute atomic E-state index is 12.5. The summed E-state index contributed by atoms with van der Waals surface area (Å²) in [6.45, 7) is 7.27. The molecule has 7 heteroatoms. The van der Waals surface area contributed by atoms with Crippen molar-refractivity contribution in [2.45, 2.75) is 51.7 Å². The van der Waals surface area contributed by atoms with Crippen LogP contribution in [0.15, 0.2) is 41.9 Å². The molecule has 4 rings (SSSR count). The number of aromatic amines is 1. The summed E-state index contributed by atoms with van der Waals surface area (Å²) < 4.78 is 16.8. The zero-order valence-corrected chi connectivity index (χ0v) is 20.4.